The summed E-state index contributed by atoms with van der Waals surface area (Å²) in [5.41, 5.74) is 0.241. The van der Waals surface area contributed by atoms with Crippen molar-refractivity contribution in [1.29, 1.82) is 0 Å². The lowest BCUT2D eigenvalue weighted by atomic mass is 10.2. The molecule has 2 aromatic rings. The van der Waals surface area contributed by atoms with E-state index >= 15 is 0 Å². The van der Waals surface area contributed by atoms with Crippen molar-refractivity contribution < 1.29 is 4.42 Å². The maximum absolute atomic E-state index is 11.6. The van der Waals surface area contributed by atoms with E-state index in [0.29, 0.717) is 21.8 Å². The maximum atomic E-state index is 11.6. The van der Waals surface area contributed by atoms with Crippen LogP contribution in [0.15, 0.2) is 27.4 Å². The average Bonchev–Trinajstić information content (AvgIpc) is 2.18. The lowest BCUT2D eigenvalue weighted by molar-refractivity contribution is 0.424. The minimum Gasteiger partial charge on any atom is -0.408 e. The molecule has 0 N–H and O–H groups in total. The third kappa shape index (κ3) is 1.88. The summed E-state index contributed by atoms with van der Waals surface area (Å²) >= 11 is 5.78. The number of benzene rings is 1. The minimum absolute atomic E-state index is 0.0952. The van der Waals surface area contributed by atoms with E-state index in [9.17, 15) is 4.79 Å². The van der Waals surface area contributed by atoms with Crippen molar-refractivity contribution in [3.63, 3.8) is 0 Å². The lowest BCUT2D eigenvalue weighted by Gasteiger charge is -2.03. The Bertz CT molecular complexity index is 560. The zero-order valence-corrected chi connectivity index (χ0v) is 9.21. The normalized spacial score (nSPS) is 11.2. The van der Waals surface area contributed by atoms with E-state index in [4.69, 9.17) is 16.0 Å². The Balaban J connectivity index is 2.79. The fraction of sp³-hybridized carbons (Fsp3) is 0.273. The molecule has 0 aliphatic heterocycles. The van der Waals surface area contributed by atoms with Crippen molar-refractivity contribution in [2.45, 2.75) is 19.8 Å². The predicted octanol–water partition coefficient (Wildman–Crippen LogP) is 2.96. The highest BCUT2D eigenvalue weighted by Crippen LogP contribution is 2.17. The first kappa shape index (κ1) is 10.2. The summed E-state index contributed by atoms with van der Waals surface area (Å²) in [6.07, 6.45) is 0. The second-order valence-corrected chi connectivity index (χ2v) is 4.09. The van der Waals surface area contributed by atoms with Crippen LogP contribution < -0.4 is 5.63 Å². The maximum Gasteiger partial charge on any atom is 0.346 e. The molecule has 1 heterocycles. The van der Waals surface area contributed by atoms with E-state index in [2.05, 4.69) is 4.98 Å². The van der Waals surface area contributed by atoms with Crippen molar-refractivity contribution in [2.24, 2.45) is 0 Å². The average molecular weight is 224 g/mol. The highest BCUT2D eigenvalue weighted by atomic mass is 35.5. The van der Waals surface area contributed by atoms with E-state index in [1.54, 1.807) is 18.2 Å². The molecule has 78 valence electrons. The number of rotatable bonds is 1. The molecule has 2 rings (SSSR count). The monoisotopic (exact) mass is 223 g/mol. The second kappa shape index (κ2) is 3.66. The van der Waals surface area contributed by atoms with Crippen LogP contribution in [0.5, 0.6) is 0 Å². The number of aromatic nitrogens is 1. The molecule has 0 saturated carbocycles. The third-order valence-electron chi connectivity index (χ3n) is 2.10. The van der Waals surface area contributed by atoms with Crippen molar-refractivity contribution in [3.05, 3.63) is 39.5 Å². The third-order valence-corrected chi connectivity index (χ3v) is 2.34. The summed E-state index contributed by atoms with van der Waals surface area (Å²) in [4.78, 5) is 15.8. The van der Waals surface area contributed by atoms with Gasteiger partial charge < -0.3 is 4.42 Å². The van der Waals surface area contributed by atoms with Crippen LogP contribution >= 0.6 is 11.6 Å². The van der Waals surface area contributed by atoms with Gasteiger partial charge in [0.05, 0.1) is 10.9 Å². The number of nitrogens with zero attached hydrogens (tertiary/aromatic N) is 1. The van der Waals surface area contributed by atoms with Crippen LogP contribution in [0.2, 0.25) is 5.02 Å². The van der Waals surface area contributed by atoms with E-state index in [1.165, 1.54) is 0 Å². The molecule has 3 nitrogen and oxygen atoms in total. The van der Waals surface area contributed by atoms with Gasteiger partial charge in [0.25, 0.3) is 0 Å². The quantitative estimate of drug-likeness (QED) is 0.747. The first-order valence-electron chi connectivity index (χ1n) is 4.68. The molecule has 0 aliphatic carbocycles. The van der Waals surface area contributed by atoms with Crippen LogP contribution in [-0.4, -0.2) is 4.98 Å². The Kier molecular flexibility index (Phi) is 2.49. The van der Waals surface area contributed by atoms with Crippen LogP contribution in [0.1, 0.15) is 25.7 Å². The molecule has 0 aliphatic rings. The molecule has 0 amide bonds. The summed E-state index contributed by atoms with van der Waals surface area (Å²) in [6.45, 7) is 3.85. The van der Waals surface area contributed by atoms with Gasteiger partial charge in [-0.3, -0.25) is 0 Å². The molecule has 15 heavy (non-hydrogen) atoms. The Morgan fingerprint density at radius 2 is 2.13 bits per heavy atom. The van der Waals surface area contributed by atoms with E-state index in [1.807, 2.05) is 13.8 Å². The number of hydrogen-bond donors (Lipinski definition) is 0. The molecule has 4 heteroatoms. The summed E-state index contributed by atoms with van der Waals surface area (Å²) in [5, 5.41) is 0.931. The molecular formula is C11H10ClNO2. The van der Waals surface area contributed by atoms with Crippen molar-refractivity contribution in [1.82, 2.24) is 4.98 Å². The van der Waals surface area contributed by atoms with Crippen molar-refractivity contribution in [2.75, 3.05) is 0 Å². The van der Waals surface area contributed by atoms with E-state index in [0.717, 1.165) is 0 Å². The summed E-state index contributed by atoms with van der Waals surface area (Å²) in [6, 6.07) is 5.00. The van der Waals surface area contributed by atoms with Gasteiger partial charge in [-0.25, -0.2) is 9.78 Å². The molecular weight excluding hydrogens is 214 g/mol. The molecule has 1 aromatic heterocycles. The zero-order chi connectivity index (χ0) is 11.0. The zero-order valence-electron chi connectivity index (χ0n) is 8.45. The standard InChI is InChI=1S/C11H10ClNO2/c1-6(2)10-13-9-4-3-7(12)5-8(9)11(14)15-10/h3-6H,1-2H3. The summed E-state index contributed by atoms with van der Waals surface area (Å²) in [5.74, 6) is 0.549. The van der Waals surface area contributed by atoms with Gasteiger partial charge in [-0.05, 0) is 18.2 Å². The van der Waals surface area contributed by atoms with Gasteiger partial charge >= 0.3 is 5.63 Å². The van der Waals surface area contributed by atoms with Crippen LogP contribution in [0.4, 0.5) is 0 Å². The Hall–Kier alpha value is -1.35. The van der Waals surface area contributed by atoms with E-state index < -0.39 is 0 Å². The molecule has 1 aromatic carbocycles. The fourth-order valence-electron chi connectivity index (χ4n) is 1.31. The first-order chi connectivity index (χ1) is 7.08. The van der Waals surface area contributed by atoms with Crippen molar-refractivity contribution in [3.8, 4) is 0 Å². The molecule has 0 fully saturated rings. The second-order valence-electron chi connectivity index (χ2n) is 3.66. The smallest absolute Gasteiger partial charge is 0.346 e. The SMILES string of the molecule is CC(C)c1nc2ccc(Cl)cc2c(=O)o1. The van der Waals surface area contributed by atoms with Crippen LogP contribution in [0.25, 0.3) is 10.9 Å². The van der Waals surface area contributed by atoms with Gasteiger partial charge in [0.1, 0.15) is 0 Å². The van der Waals surface area contributed by atoms with E-state index in [-0.39, 0.29) is 11.5 Å². The largest absolute Gasteiger partial charge is 0.408 e. The molecule has 0 spiro atoms. The van der Waals surface area contributed by atoms with Gasteiger partial charge in [-0.15, -0.1) is 0 Å². The Morgan fingerprint density at radius 1 is 1.40 bits per heavy atom. The number of fused-ring (bicyclic) bond motifs is 1. The highest BCUT2D eigenvalue weighted by molar-refractivity contribution is 6.31. The summed E-state index contributed by atoms with van der Waals surface area (Å²) in [7, 11) is 0. The molecule has 0 saturated heterocycles. The molecule has 0 bridgehead atoms. The minimum atomic E-state index is -0.383. The highest BCUT2D eigenvalue weighted by Gasteiger charge is 2.09. The fourth-order valence-corrected chi connectivity index (χ4v) is 1.48. The predicted molar refractivity (Wildman–Crippen MR) is 59.4 cm³/mol. The first-order valence-corrected chi connectivity index (χ1v) is 5.06. The van der Waals surface area contributed by atoms with Gasteiger partial charge in [0.2, 0.25) is 5.89 Å². The van der Waals surface area contributed by atoms with Crippen LogP contribution in [0, 0.1) is 0 Å². The van der Waals surface area contributed by atoms with Crippen LogP contribution in [-0.2, 0) is 0 Å². The number of hydrogen-bond acceptors (Lipinski definition) is 3. The number of halogens is 1. The van der Waals surface area contributed by atoms with Crippen LogP contribution in [0.3, 0.4) is 0 Å². The molecule has 0 atom stereocenters. The van der Waals surface area contributed by atoms with Gasteiger partial charge in [0.15, 0.2) is 0 Å². The topological polar surface area (TPSA) is 43.1 Å². The summed E-state index contributed by atoms with van der Waals surface area (Å²) < 4.78 is 5.08. The lowest BCUT2D eigenvalue weighted by Crippen LogP contribution is -2.06. The van der Waals surface area contributed by atoms with Gasteiger partial charge in [-0.1, -0.05) is 25.4 Å². The van der Waals surface area contributed by atoms with Gasteiger partial charge in [0, 0.05) is 10.9 Å². The molecule has 0 unspecified atom stereocenters. The molecule has 0 radical (unpaired) electrons. The van der Waals surface area contributed by atoms with Gasteiger partial charge in [-0.2, -0.15) is 0 Å². The Labute approximate surface area is 91.7 Å². The van der Waals surface area contributed by atoms with Crippen molar-refractivity contribution >= 4 is 22.5 Å². The Morgan fingerprint density at radius 3 is 2.80 bits per heavy atom.